The van der Waals surface area contributed by atoms with Crippen molar-refractivity contribution in [3.8, 4) is 0 Å². The molecule has 1 aromatic rings. The average molecular weight is 380 g/mol. The summed E-state index contributed by atoms with van der Waals surface area (Å²) in [6.07, 6.45) is 8.38. The van der Waals surface area contributed by atoms with Gasteiger partial charge >= 0.3 is 0 Å². The Hall–Kier alpha value is -1.91. The summed E-state index contributed by atoms with van der Waals surface area (Å²) in [5.74, 6) is 1.80. The molecule has 4 atom stereocenters. The van der Waals surface area contributed by atoms with E-state index in [0.29, 0.717) is 12.8 Å². The summed E-state index contributed by atoms with van der Waals surface area (Å²) in [5, 5.41) is 9.41. The van der Waals surface area contributed by atoms with Crippen LogP contribution in [0.2, 0.25) is 0 Å². The lowest BCUT2D eigenvalue weighted by molar-refractivity contribution is -0.139. The van der Waals surface area contributed by atoms with Gasteiger partial charge in [0.1, 0.15) is 5.78 Å². The van der Waals surface area contributed by atoms with Gasteiger partial charge in [0, 0.05) is 31.6 Å². The van der Waals surface area contributed by atoms with Crippen LogP contribution < -0.4 is 4.90 Å². The van der Waals surface area contributed by atoms with Gasteiger partial charge in [0.05, 0.1) is 18.8 Å². The van der Waals surface area contributed by atoms with E-state index in [1.54, 1.807) is 11.1 Å². The number of allylic oxidation sites excluding steroid dienone is 3. The number of aliphatic hydroxyl groups excluding tert-OH is 1. The number of aliphatic hydroxyl groups is 1. The van der Waals surface area contributed by atoms with Crippen molar-refractivity contribution in [1.82, 2.24) is 0 Å². The number of hydrogen-bond donors (Lipinski definition) is 1. The first-order chi connectivity index (χ1) is 13.6. The number of benzene rings is 1. The fourth-order valence-corrected chi connectivity index (χ4v) is 5.20. The molecule has 4 nitrogen and oxygen atoms in total. The molecule has 4 unspecified atom stereocenters. The average Bonchev–Trinajstić information content (AvgIpc) is 3.42. The summed E-state index contributed by atoms with van der Waals surface area (Å²) in [5.41, 5.74) is 6.92. The molecule has 1 N–H and O–H groups in total. The molecule has 1 saturated heterocycles. The van der Waals surface area contributed by atoms with Gasteiger partial charge in [0.25, 0.3) is 0 Å². The SMILES string of the molecule is CC1=CC=C(CCN2CCc3ccc(C4CC(=O)CC(CO)O4)cc32)C2CC12. The second kappa shape index (κ2) is 7.16. The van der Waals surface area contributed by atoms with Crippen molar-refractivity contribution in [2.45, 2.75) is 51.2 Å². The maximum Gasteiger partial charge on any atom is 0.138 e. The second-order valence-corrected chi connectivity index (χ2v) is 8.85. The van der Waals surface area contributed by atoms with Gasteiger partial charge in [-0.2, -0.15) is 0 Å². The number of Topliss-reactive ketones (excluding diaryl/α,β-unsaturated/α-hetero) is 1. The summed E-state index contributed by atoms with van der Waals surface area (Å²) in [4.78, 5) is 14.5. The molecule has 2 heterocycles. The lowest BCUT2D eigenvalue weighted by Crippen LogP contribution is -2.31. The Labute approximate surface area is 166 Å². The van der Waals surface area contributed by atoms with Gasteiger partial charge in [-0.25, -0.2) is 0 Å². The summed E-state index contributed by atoms with van der Waals surface area (Å²) in [7, 11) is 0. The number of ether oxygens (including phenoxy) is 1. The van der Waals surface area contributed by atoms with Crippen LogP contribution >= 0.6 is 0 Å². The molecule has 0 radical (unpaired) electrons. The Morgan fingerprint density at radius 3 is 2.96 bits per heavy atom. The third kappa shape index (κ3) is 3.33. The Balaban J connectivity index is 1.30. The highest BCUT2D eigenvalue weighted by Crippen LogP contribution is 2.52. The standard InChI is InChI=1S/C24H29NO3/c1-15-2-3-16(22-13-21(15)22)6-8-25-9-7-17-4-5-18(10-23(17)25)24-12-19(27)11-20(14-26)28-24/h2-5,10,20-22,24,26H,6-9,11-14H2,1H3. The number of ketones is 1. The molecule has 0 spiro atoms. The van der Waals surface area contributed by atoms with E-state index in [1.165, 1.54) is 17.7 Å². The van der Waals surface area contributed by atoms with Crippen molar-refractivity contribution in [1.29, 1.82) is 0 Å². The minimum Gasteiger partial charge on any atom is -0.394 e. The van der Waals surface area contributed by atoms with Crippen molar-refractivity contribution >= 4 is 11.5 Å². The van der Waals surface area contributed by atoms with E-state index in [-0.39, 0.29) is 24.6 Å². The number of nitrogens with zero attached hydrogens (tertiary/aromatic N) is 1. The van der Waals surface area contributed by atoms with E-state index in [0.717, 1.165) is 43.3 Å². The molecule has 2 aliphatic carbocycles. The van der Waals surface area contributed by atoms with Gasteiger partial charge in [-0.15, -0.1) is 0 Å². The Bertz CT molecular complexity index is 855. The normalized spacial score (nSPS) is 31.2. The van der Waals surface area contributed by atoms with E-state index in [9.17, 15) is 9.90 Å². The zero-order valence-corrected chi connectivity index (χ0v) is 16.6. The number of hydrogen-bond acceptors (Lipinski definition) is 4. The zero-order valence-electron chi connectivity index (χ0n) is 16.6. The first-order valence-electron chi connectivity index (χ1n) is 10.7. The molecule has 148 valence electrons. The van der Waals surface area contributed by atoms with Crippen LogP contribution in [0, 0.1) is 11.8 Å². The zero-order chi connectivity index (χ0) is 19.3. The fraction of sp³-hybridized carbons (Fsp3) is 0.542. The molecule has 4 aliphatic rings. The first-order valence-corrected chi connectivity index (χ1v) is 10.7. The number of fused-ring (bicyclic) bond motifs is 2. The van der Waals surface area contributed by atoms with Crippen molar-refractivity contribution < 1.29 is 14.6 Å². The predicted molar refractivity (Wildman–Crippen MR) is 109 cm³/mol. The molecule has 2 fully saturated rings. The molecule has 2 aliphatic heterocycles. The van der Waals surface area contributed by atoms with Gasteiger partial charge in [-0.05, 0) is 55.2 Å². The highest BCUT2D eigenvalue weighted by atomic mass is 16.5. The van der Waals surface area contributed by atoms with Crippen LogP contribution in [0.1, 0.15) is 49.8 Å². The minimum atomic E-state index is -0.364. The molecule has 5 rings (SSSR count). The smallest absolute Gasteiger partial charge is 0.138 e. The summed E-state index contributed by atoms with van der Waals surface area (Å²) in [6.45, 7) is 4.29. The van der Waals surface area contributed by atoms with Crippen LogP contribution in [0.15, 0.2) is 41.5 Å². The van der Waals surface area contributed by atoms with Crippen LogP contribution in [0.3, 0.4) is 0 Å². The topological polar surface area (TPSA) is 49.8 Å². The Kier molecular flexibility index (Phi) is 4.64. The van der Waals surface area contributed by atoms with E-state index < -0.39 is 0 Å². The monoisotopic (exact) mass is 379 g/mol. The number of rotatable bonds is 5. The molecule has 0 bridgehead atoms. The van der Waals surface area contributed by atoms with Gasteiger partial charge in [0.2, 0.25) is 0 Å². The Morgan fingerprint density at radius 1 is 1.21 bits per heavy atom. The van der Waals surface area contributed by atoms with Gasteiger partial charge in [-0.1, -0.05) is 35.4 Å². The molecular formula is C24H29NO3. The van der Waals surface area contributed by atoms with Crippen LogP contribution in [-0.2, 0) is 16.0 Å². The Morgan fingerprint density at radius 2 is 2.11 bits per heavy atom. The summed E-state index contributed by atoms with van der Waals surface area (Å²) >= 11 is 0. The van der Waals surface area contributed by atoms with E-state index >= 15 is 0 Å². The highest BCUT2D eigenvalue weighted by molar-refractivity contribution is 5.80. The van der Waals surface area contributed by atoms with Crippen molar-refractivity contribution in [2.75, 3.05) is 24.6 Å². The van der Waals surface area contributed by atoms with Gasteiger partial charge in [-0.3, -0.25) is 4.79 Å². The van der Waals surface area contributed by atoms with Crippen LogP contribution in [-0.4, -0.2) is 36.7 Å². The van der Waals surface area contributed by atoms with Crippen LogP contribution in [0.4, 0.5) is 5.69 Å². The van der Waals surface area contributed by atoms with Crippen molar-refractivity contribution in [3.05, 3.63) is 52.6 Å². The predicted octanol–water partition coefficient (Wildman–Crippen LogP) is 3.74. The number of anilines is 1. The molecule has 1 saturated carbocycles. The van der Waals surface area contributed by atoms with Crippen LogP contribution in [0.25, 0.3) is 0 Å². The lowest BCUT2D eigenvalue weighted by atomic mass is 9.96. The molecule has 1 aromatic carbocycles. The molecule has 28 heavy (non-hydrogen) atoms. The maximum atomic E-state index is 12.0. The quantitative estimate of drug-likeness (QED) is 0.847. The lowest BCUT2D eigenvalue weighted by Gasteiger charge is -2.29. The van der Waals surface area contributed by atoms with Gasteiger partial charge < -0.3 is 14.7 Å². The number of carbonyl (C=O) groups excluding carboxylic acids is 1. The van der Waals surface area contributed by atoms with Crippen molar-refractivity contribution in [3.63, 3.8) is 0 Å². The molecular weight excluding hydrogens is 350 g/mol. The fourth-order valence-electron chi connectivity index (χ4n) is 5.20. The molecule has 4 heteroatoms. The van der Waals surface area contributed by atoms with Crippen molar-refractivity contribution in [2.24, 2.45) is 11.8 Å². The minimum absolute atomic E-state index is 0.0928. The van der Waals surface area contributed by atoms with Crippen LogP contribution in [0.5, 0.6) is 0 Å². The molecule has 0 aromatic heterocycles. The largest absolute Gasteiger partial charge is 0.394 e. The van der Waals surface area contributed by atoms with Gasteiger partial charge in [0.15, 0.2) is 0 Å². The third-order valence-corrected chi connectivity index (χ3v) is 6.98. The third-order valence-electron chi connectivity index (χ3n) is 6.98. The van der Waals surface area contributed by atoms with E-state index in [2.05, 4.69) is 42.2 Å². The summed E-state index contributed by atoms with van der Waals surface area (Å²) < 4.78 is 5.97. The van der Waals surface area contributed by atoms with E-state index in [4.69, 9.17) is 4.74 Å². The maximum absolute atomic E-state index is 12.0. The van der Waals surface area contributed by atoms with E-state index in [1.807, 2.05) is 0 Å². The first kappa shape index (κ1) is 18.1. The molecule has 0 amide bonds. The number of carbonyl (C=O) groups is 1. The summed E-state index contributed by atoms with van der Waals surface area (Å²) in [6, 6.07) is 6.52. The second-order valence-electron chi connectivity index (χ2n) is 8.85. The highest BCUT2D eigenvalue weighted by Gasteiger charge is 2.42.